The lowest BCUT2D eigenvalue weighted by Gasteiger charge is -2.06. The highest BCUT2D eigenvalue weighted by Crippen LogP contribution is 2.34. The van der Waals surface area contributed by atoms with Crippen molar-refractivity contribution in [3.05, 3.63) is 54.9 Å². The fraction of sp³-hybridized carbons (Fsp3) is 0.111. The molecule has 0 radical (unpaired) electrons. The van der Waals surface area contributed by atoms with Crippen LogP contribution in [0.15, 0.2) is 54.9 Å². The highest BCUT2D eigenvalue weighted by atomic mass is 19.3. The topological polar surface area (TPSA) is 39.3 Å². The van der Waals surface area contributed by atoms with Gasteiger partial charge in [-0.05, 0) is 42.5 Å². The van der Waals surface area contributed by atoms with Gasteiger partial charge in [0.05, 0.1) is 0 Å². The maximum Gasteiger partial charge on any atom is 0.387 e. The second-order valence-electron chi connectivity index (χ2n) is 5.62. The maximum atomic E-state index is 12.3. The summed E-state index contributed by atoms with van der Waals surface area (Å²) < 4.78 is 32.7. The molecule has 122 valence electrons. The minimum absolute atomic E-state index is 0.0139. The number of fused-ring (bicyclic) bond motifs is 2. The van der Waals surface area contributed by atoms with Gasteiger partial charge in [0, 0.05) is 46.8 Å². The van der Waals surface area contributed by atoms with Gasteiger partial charge < -0.3 is 14.4 Å². The first-order valence-corrected chi connectivity index (χ1v) is 7.37. The minimum Gasteiger partial charge on any atom is -0.494 e. The van der Waals surface area contributed by atoms with Crippen LogP contribution in [0.1, 0.15) is 0 Å². The maximum absolute atomic E-state index is 12.3. The summed E-state index contributed by atoms with van der Waals surface area (Å²) in [5.41, 5.74) is 1.88. The second kappa shape index (κ2) is 5.26. The van der Waals surface area contributed by atoms with Crippen LogP contribution in [0.5, 0.6) is 11.6 Å². The zero-order valence-corrected chi connectivity index (χ0v) is 12.8. The first-order chi connectivity index (χ1) is 11.5. The summed E-state index contributed by atoms with van der Waals surface area (Å²) in [6, 6.07) is 12.3. The lowest BCUT2D eigenvalue weighted by molar-refractivity contribution is -0.0497. The molecule has 0 saturated heterocycles. The second-order valence-corrected chi connectivity index (χ2v) is 5.62. The molecule has 0 aliphatic heterocycles. The van der Waals surface area contributed by atoms with E-state index in [-0.39, 0.29) is 11.6 Å². The van der Waals surface area contributed by atoms with Gasteiger partial charge in [0.25, 0.3) is 0 Å². The molecule has 1 N–H and O–H groups in total. The van der Waals surface area contributed by atoms with Crippen molar-refractivity contribution in [3.63, 3.8) is 0 Å². The number of aryl methyl sites for hydroxylation is 1. The van der Waals surface area contributed by atoms with Gasteiger partial charge in [-0.3, -0.25) is 4.57 Å². The average molecular weight is 328 g/mol. The summed E-state index contributed by atoms with van der Waals surface area (Å²) in [4.78, 5) is 0. The molecule has 4 nitrogen and oxygen atoms in total. The number of nitrogens with zero attached hydrogens (tertiary/aromatic N) is 2. The summed E-state index contributed by atoms with van der Waals surface area (Å²) in [6.45, 7) is -2.90. The summed E-state index contributed by atoms with van der Waals surface area (Å²) >= 11 is 0. The molecule has 4 rings (SSSR count). The van der Waals surface area contributed by atoms with E-state index in [0.717, 1.165) is 22.0 Å². The van der Waals surface area contributed by atoms with Gasteiger partial charge in [-0.1, -0.05) is 0 Å². The van der Waals surface area contributed by atoms with Gasteiger partial charge in [-0.15, -0.1) is 0 Å². The van der Waals surface area contributed by atoms with Crippen molar-refractivity contribution >= 4 is 21.7 Å². The summed E-state index contributed by atoms with van der Waals surface area (Å²) in [5, 5.41) is 12.7. The number of alkyl halides is 2. The summed E-state index contributed by atoms with van der Waals surface area (Å²) in [5.74, 6) is 0.00376. The van der Waals surface area contributed by atoms with Crippen LogP contribution in [0.25, 0.3) is 27.4 Å². The number of aromatic hydroxyl groups is 1. The Morgan fingerprint density at radius 2 is 1.88 bits per heavy atom. The van der Waals surface area contributed by atoms with Crippen LogP contribution in [-0.4, -0.2) is 20.9 Å². The molecule has 0 amide bonds. The van der Waals surface area contributed by atoms with E-state index in [4.69, 9.17) is 0 Å². The summed E-state index contributed by atoms with van der Waals surface area (Å²) in [7, 11) is 1.97. The Kier molecular flexibility index (Phi) is 3.19. The Morgan fingerprint density at radius 1 is 1.04 bits per heavy atom. The number of hydrogen-bond acceptors (Lipinski definition) is 2. The van der Waals surface area contributed by atoms with Gasteiger partial charge in [-0.2, -0.15) is 8.78 Å². The van der Waals surface area contributed by atoms with Gasteiger partial charge >= 0.3 is 6.61 Å². The Bertz CT molecular complexity index is 1050. The fourth-order valence-corrected chi connectivity index (χ4v) is 2.96. The van der Waals surface area contributed by atoms with Crippen molar-refractivity contribution in [1.29, 1.82) is 0 Å². The molecular weight excluding hydrogens is 314 g/mol. The van der Waals surface area contributed by atoms with E-state index in [1.807, 2.05) is 42.1 Å². The first-order valence-electron chi connectivity index (χ1n) is 7.37. The zero-order valence-electron chi connectivity index (χ0n) is 12.8. The number of halogens is 2. The van der Waals surface area contributed by atoms with E-state index in [0.29, 0.717) is 5.39 Å². The predicted molar refractivity (Wildman–Crippen MR) is 88.0 cm³/mol. The van der Waals surface area contributed by atoms with E-state index in [2.05, 4.69) is 4.74 Å². The smallest absolute Gasteiger partial charge is 0.387 e. The third kappa shape index (κ3) is 2.27. The van der Waals surface area contributed by atoms with Gasteiger partial charge in [0.15, 0.2) is 0 Å². The van der Waals surface area contributed by atoms with Crippen molar-refractivity contribution in [2.45, 2.75) is 6.61 Å². The van der Waals surface area contributed by atoms with E-state index >= 15 is 0 Å². The van der Waals surface area contributed by atoms with Crippen molar-refractivity contribution in [2.24, 2.45) is 7.05 Å². The van der Waals surface area contributed by atoms with E-state index in [1.54, 1.807) is 16.8 Å². The molecule has 2 heterocycles. The van der Waals surface area contributed by atoms with Gasteiger partial charge in [0.2, 0.25) is 5.88 Å². The monoisotopic (exact) mass is 328 g/mol. The summed E-state index contributed by atoms with van der Waals surface area (Å²) in [6.07, 6.45) is 3.73. The number of rotatable bonds is 3. The normalized spacial score (nSPS) is 11.7. The molecule has 0 saturated carbocycles. The largest absolute Gasteiger partial charge is 0.494 e. The highest BCUT2D eigenvalue weighted by Gasteiger charge is 2.13. The molecule has 0 aliphatic rings. The Balaban J connectivity index is 1.84. The van der Waals surface area contributed by atoms with E-state index in [1.165, 1.54) is 12.1 Å². The van der Waals surface area contributed by atoms with Crippen LogP contribution >= 0.6 is 0 Å². The Labute approximate surface area is 136 Å². The third-order valence-electron chi connectivity index (χ3n) is 4.13. The van der Waals surface area contributed by atoms with Crippen LogP contribution in [-0.2, 0) is 7.05 Å². The molecular formula is C18H14F2N2O2. The van der Waals surface area contributed by atoms with Crippen LogP contribution in [0.2, 0.25) is 0 Å². The standard InChI is InChI=1S/C18H14F2N2O2/c1-21-7-6-11-8-13(3-5-16(11)21)22-10-12-2-4-14(24-18(19)20)9-15(12)17(22)23/h2-10,18,23H,1H3. The number of aromatic nitrogens is 2. The zero-order chi connectivity index (χ0) is 16.8. The number of hydrogen-bond donors (Lipinski definition) is 1. The SMILES string of the molecule is Cn1ccc2cc(-n3cc4ccc(OC(F)F)cc4c3O)ccc21. The molecule has 2 aromatic heterocycles. The van der Waals surface area contributed by atoms with Crippen LogP contribution < -0.4 is 4.74 Å². The van der Waals surface area contributed by atoms with E-state index < -0.39 is 6.61 Å². The lowest BCUT2D eigenvalue weighted by Crippen LogP contribution is -2.01. The molecule has 6 heteroatoms. The van der Waals surface area contributed by atoms with Gasteiger partial charge in [0.1, 0.15) is 5.75 Å². The van der Waals surface area contributed by atoms with Crippen molar-refractivity contribution in [2.75, 3.05) is 0 Å². The molecule has 0 atom stereocenters. The van der Waals surface area contributed by atoms with Crippen LogP contribution in [0.3, 0.4) is 0 Å². The van der Waals surface area contributed by atoms with Gasteiger partial charge in [-0.25, -0.2) is 0 Å². The average Bonchev–Trinajstić information content (AvgIpc) is 3.08. The number of benzene rings is 2. The molecule has 0 aliphatic carbocycles. The molecule has 2 aromatic carbocycles. The molecule has 0 fully saturated rings. The molecule has 0 unspecified atom stereocenters. The molecule has 24 heavy (non-hydrogen) atoms. The third-order valence-corrected chi connectivity index (χ3v) is 4.13. The van der Waals surface area contributed by atoms with Crippen molar-refractivity contribution in [3.8, 4) is 17.3 Å². The van der Waals surface area contributed by atoms with Crippen LogP contribution in [0, 0.1) is 0 Å². The fourth-order valence-electron chi connectivity index (χ4n) is 2.96. The molecule has 4 aromatic rings. The van der Waals surface area contributed by atoms with Crippen molar-refractivity contribution in [1.82, 2.24) is 9.13 Å². The quantitative estimate of drug-likeness (QED) is 0.604. The molecule has 0 bridgehead atoms. The Hall–Kier alpha value is -3.02. The minimum atomic E-state index is -2.90. The number of ether oxygens (including phenoxy) is 1. The molecule has 0 spiro atoms. The van der Waals surface area contributed by atoms with Crippen molar-refractivity contribution < 1.29 is 18.6 Å². The highest BCUT2D eigenvalue weighted by molar-refractivity contribution is 5.90. The first kappa shape index (κ1) is 14.6. The predicted octanol–water partition coefficient (Wildman–Crippen LogP) is 4.43. The van der Waals surface area contributed by atoms with E-state index in [9.17, 15) is 13.9 Å². The lowest BCUT2D eigenvalue weighted by atomic mass is 10.2. The van der Waals surface area contributed by atoms with Crippen LogP contribution in [0.4, 0.5) is 8.78 Å². The Morgan fingerprint density at radius 3 is 2.67 bits per heavy atom.